The van der Waals surface area contributed by atoms with Crippen LogP contribution < -0.4 is 10.5 Å². The average molecular weight is 323 g/mol. The molecule has 2 aromatic carbocycles. The number of carbonyl (C=O) groups excluding carboxylic acids is 1. The Kier molecular flexibility index (Phi) is 3.23. The topological polar surface area (TPSA) is 52.3 Å². The largest absolute Gasteiger partial charge is 0.496 e. The van der Waals surface area contributed by atoms with Gasteiger partial charge in [0.2, 0.25) is 5.91 Å². The number of ether oxygens (including phenoxy) is 1. The maximum atomic E-state index is 14.2. The fourth-order valence-corrected chi connectivity index (χ4v) is 4.00. The maximum absolute atomic E-state index is 14.2. The molecular formula is C20H18FNO2. The summed E-state index contributed by atoms with van der Waals surface area (Å²) in [6.45, 7) is 1.99. The van der Waals surface area contributed by atoms with Crippen LogP contribution in [0.5, 0.6) is 5.75 Å². The molecule has 2 aliphatic rings. The first-order valence-corrected chi connectivity index (χ1v) is 8.02. The predicted molar refractivity (Wildman–Crippen MR) is 91.7 cm³/mol. The second-order valence-corrected chi connectivity index (χ2v) is 6.49. The minimum absolute atomic E-state index is 0.206. The molecule has 0 aliphatic heterocycles. The van der Waals surface area contributed by atoms with Crippen LogP contribution in [0.3, 0.4) is 0 Å². The molecule has 2 aromatic rings. The Morgan fingerprint density at radius 3 is 2.75 bits per heavy atom. The molecule has 3 nitrogen and oxygen atoms in total. The summed E-state index contributed by atoms with van der Waals surface area (Å²) >= 11 is 0. The quantitative estimate of drug-likeness (QED) is 0.937. The highest BCUT2D eigenvalue weighted by Gasteiger charge is 2.29. The van der Waals surface area contributed by atoms with E-state index in [0.29, 0.717) is 17.5 Å². The first kappa shape index (κ1) is 14.9. The van der Waals surface area contributed by atoms with Crippen molar-refractivity contribution in [2.75, 3.05) is 7.11 Å². The van der Waals surface area contributed by atoms with Crippen molar-refractivity contribution in [3.8, 4) is 16.9 Å². The summed E-state index contributed by atoms with van der Waals surface area (Å²) in [6, 6.07) is 5.06. The molecule has 122 valence electrons. The highest BCUT2D eigenvalue weighted by molar-refractivity contribution is 6.03. The van der Waals surface area contributed by atoms with Crippen LogP contribution in [0.15, 0.2) is 23.8 Å². The Labute approximate surface area is 139 Å². The second-order valence-electron chi connectivity index (χ2n) is 6.49. The Morgan fingerprint density at radius 1 is 1.25 bits per heavy atom. The third-order valence-electron chi connectivity index (χ3n) is 4.98. The van der Waals surface area contributed by atoms with Crippen molar-refractivity contribution >= 4 is 12.0 Å². The van der Waals surface area contributed by atoms with Crippen LogP contribution in [-0.2, 0) is 19.3 Å². The van der Waals surface area contributed by atoms with Gasteiger partial charge >= 0.3 is 0 Å². The maximum Gasteiger partial charge on any atom is 0.249 e. The van der Waals surface area contributed by atoms with Crippen LogP contribution in [0.2, 0.25) is 0 Å². The minimum atomic E-state index is -0.464. The Morgan fingerprint density at radius 2 is 2.04 bits per heavy atom. The zero-order valence-electron chi connectivity index (χ0n) is 13.7. The molecule has 0 radical (unpaired) electrons. The van der Waals surface area contributed by atoms with Gasteiger partial charge < -0.3 is 10.5 Å². The van der Waals surface area contributed by atoms with Gasteiger partial charge in [0.05, 0.1) is 7.11 Å². The number of methoxy groups -OCH3 is 1. The Hall–Kier alpha value is -2.62. The molecular weight excluding hydrogens is 305 g/mol. The van der Waals surface area contributed by atoms with E-state index >= 15 is 0 Å². The molecule has 0 spiro atoms. The van der Waals surface area contributed by atoms with Crippen LogP contribution in [0.25, 0.3) is 17.2 Å². The number of nitrogens with two attached hydrogens (primary N) is 1. The highest BCUT2D eigenvalue weighted by Crippen LogP contribution is 2.45. The van der Waals surface area contributed by atoms with Crippen LogP contribution in [-0.4, -0.2) is 13.0 Å². The molecule has 4 heteroatoms. The van der Waals surface area contributed by atoms with Crippen molar-refractivity contribution in [3.05, 3.63) is 57.4 Å². The van der Waals surface area contributed by atoms with Gasteiger partial charge in [0.15, 0.2) is 0 Å². The van der Waals surface area contributed by atoms with Gasteiger partial charge in [-0.05, 0) is 60.6 Å². The molecule has 2 aliphatic carbocycles. The molecule has 0 aromatic heterocycles. The van der Waals surface area contributed by atoms with Crippen LogP contribution in [0.4, 0.5) is 4.39 Å². The molecule has 0 saturated heterocycles. The van der Waals surface area contributed by atoms with E-state index < -0.39 is 5.91 Å². The number of allylic oxidation sites excluding steroid dienone is 1. The number of aryl methyl sites for hydroxylation is 1. The molecule has 0 atom stereocenters. The van der Waals surface area contributed by atoms with Crippen molar-refractivity contribution in [1.29, 1.82) is 0 Å². The van der Waals surface area contributed by atoms with Crippen molar-refractivity contribution in [3.63, 3.8) is 0 Å². The summed E-state index contributed by atoms with van der Waals surface area (Å²) in [7, 11) is 1.64. The second kappa shape index (κ2) is 5.20. The molecule has 0 fully saturated rings. The lowest BCUT2D eigenvalue weighted by atomic mass is 9.89. The van der Waals surface area contributed by atoms with Crippen LogP contribution in [0, 0.1) is 5.82 Å². The summed E-state index contributed by atoms with van der Waals surface area (Å²) in [5.74, 6) is 0.156. The molecule has 2 N–H and O–H groups in total. The smallest absolute Gasteiger partial charge is 0.249 e. The van der Waals surface area contributed by atoms with Gasteiger partial charge in [0.1, 0.15) is 11.6 Å². The van der Waals surface area contributed by atoms with Gasteiger partial charge in [0, 0.05) is 16.7 Å². The molecule has 2 bridgehead atoms. The zero-order valence-corrected chi connectivity index (χ0v) is 13.7. The van der Waals surface area contributed by atoms with Gasteiger partial charge in [0.25, 0.3) is 0 Å². The summed E-state index contributed by atoms with van der Waals surface area (Å²) in [4.78, 5) is 12.1. The van der Waals surface area contributed by atoms with Gasteiger partial charge in [-0.3, -0.25) is 4.79 Å². The third-order valence-corrected chi connectivity index (χ3v) is 4.98. The van der Waals surface area contributed by atoms with E-state index in [1.807, 2.05) is 19.1 Å². The number of benzene rings is 2. The number of carbonyl (C=O) groups is 1. The van der Waals surface area contributed by atoms with Crippen LogP contribution >= 0.6 is 0 Å². The summed E-state index contributed by atoms with van der Waals surface area (Å²) in [6.07, 6.45) is 4.24. The molecule has 0 saturated carbocycles. The SMILES string of the molecule is COc1c2cc(C(N)=O)c(-c3ccc(F)c4c3C=C(C)C4)c1CC2. The number of rotatable bonds is 3. The third kappa shape index (κ3) is 1.99. The summed E-state index contributed by atoms with van der Waals surface area (Å²) < 4.78 is 19.8. The minimum Gasteiger partial charge on any atom is -0.496 e. The number of amides is 1. The van der Waals surface area contributed by atoms with E-state index in [1.54, 1.807) is 13.2 Å². The van der Waals surface area contributed by atoms with E-state index in [2.05, 4.69) is 0 Å². The normalized spacial score (nSPS) is 14.5. The lowest BCUT2D eigenvalue weighted by Gasteiger charge is -2.17. The predicted octanol–water partition coefficient (Wildman–Crippen LogP) is 3.66. The molecule has 24 heavy (non-hydrogen) atoms. The monoisotopic (exact) mass is 323 g/mol. The number of halogens is 1. The first-order valence-electron chi connectivity index (χ1n) is 8.02. The van der Waals surface area contributed by atoms with Crippen molar-refractivity contribution in [2.24, 2.45) is 5.73 Å². The number of hydrogen-bond donors (Lipinski definition) is 1. The van der Waals surface area contributed by atoms with E-state index in [1.165, 1.54) is 6.07 Å². The summed E-state index contributed by atoms with van der Waals surface area (Å²) in [5.41, 5.74) is 12.4. The first-order chi connectivity index (χ1) is 11.5. The lowest BCUT2D eigenvalue weighted by molar-refractivity contribution is 0.100. The fourth-order valence-electron chi connectivity index (χ4n) is 4.00. The van der Waals surface area contributed by atoms with Gasteiger partial charge in [-0.15, -0.1) is 0 Å². The Bertz CT molecular complexity index is 928. The highest BCUT2D eigenvalue weighted by atomic mass is 19.1. The number of fused-ring (bicyclic) bond motifs is 3. The molecule has 0 heterocycles. The Balaban J connectivity index is 2.07. The van der Waals surface area contributed by atoms with E-state index in [0.717, 1.165) is 52.0 Å². The van der Waals surface area contributed by atoms with Crippen LogP contribution in [0.1, 0.15) is 39.5 Å². The molecule has 1 amide bonds. The molecule has 4 rings (SSSR count). The van der Waals surface area contributed by atoms with Crippen molar-refractivity contribution in [1.82, 2.24) is 0 Å². The van der Waals surface area contributed by atoms with Gasteiger partial charge in [-0.25, -0.2) is 4.39 Å². The van der Waals surface area contributed by atoms with E-state index in [4.69, 9.17) is 10.5 Å². The molecule has 0 unspecified atom stereocenters. The van der Waals surface area contributed by atoms with Crippen molar-refractivity contribution < 1.29 is 13.9 Å². The number of hydrogen-bond acceptors (Lipinski definition) is 2. The van der Waals surface area contributed by atoms with Gasteiger partial charge in [-0.1, -0.05) is 17.7 Å². The van der Waals surface area contributed by atoms with Gasteiger partial charge in [-0.2, -0.15) is 0 Å². The fraction of sp³-hybridized carbons (Fsp3) is 0.250. The van der Waals surface area contributed by atoms with E-state index in [9.17, 15) is 9.18 Å². The van der Waals surface area contributed by atoms with E-state index in [-0.39, 0.29) is 5.82 Å². The summed E-state index contributed by atoms with van der Waals surface area (Å²) in [5, 5.41) is 0. The average Bonchev–Trinajstić information content (AvgIpc) is 3.07. The number of primary amides is 1. The standard InChI is InChI=1S/C20H18FNO2/c1-10-7-14-12(5-6-17(21)15(14)8-10)18-13-4-3-11(19(13)24-2)9-16(18)20(22)23/h5-7,9H,3-4,8H2,1-2H3,(H2,22,23). The lowest BCUT2D eigenvalue weighted by Crippen LogP contribution is -2.14. The zero-order chi connectivity index (χ0) is 17.0. The van der Waals surface area contributed by atoms with Crippen molar-refractivity contribution in [2.45, 2.75) is 26.2 Å².